The molecule has 25 heavy (non-hydrogen) atoms. The molecule has 0 spiro atoms. The fourth-order valence-corrected chi connectivity index (χ4v) is 3.09. The topological polar surface area (TPSA) is 58.2 Å². The molecule has 0 saturated heterocycles. The Labute approximate surface area is 153 Å². The van der Waals surface area contributed by atoms with Gasteiger partial charge in [0.1, 0.15) is 0 Å². The fourth-order valence-electron chi connectivity index (χ4n) is 2.30. The molecule has 4 nitrogen and oxygen atoms in total. The Kier molecular flexibility index (Phi) is 7.07. The molecule has 2 aromatic carbocycles. The van der Waals surface area contributed by atoms with E-state index in [1.807, 2.05) is 0 Å². The number of carbonyl (C=O) groups excluding carboxylic acids is 2. The van der Waals surface area contributed by atoms with Gasteiger partial charge in [-0.05, 0) is 41.3 Å². The van der Waals surface area contributed by atoms with Gasteiger partial charge in [0.25, 0.3) is 0 Å². The Bertz CT molecular complexity index is 709. The fraction of sp³-hybridized carbons (Fsp3) is 0.300. The number of rotatable bonds is 7. The summed E-state index contributed by atoms with van der Waals surface area (Å²) in [6.45, 7) is 5.82. The lowest BCUT2D eigenvalue weighted by Crippen LogP contribution is -2.14. The molecule has 132 valence electrons. The van der Waals surface area contributed by atoms with Crippen LogP contribution in [0.1, 0.15) is 37.8 Å². The highest BCUT2D eigenvalue weighted by Gasteiger charge is 2.04. The lowest BCUT2D eigenvalue weighted by molar-refractivity contribution is -0.114. The van der Waals surface area contributed by atoms with Gasteiger partial charge in [0.2, 0.25) is 11.8 Å². The molecule has 2 aromatic rings. The SMILES string of the molecule is CC(=O)Nc1ccc(NC(=O)CSCc2ccc(C(C)C)cc2)cc1. The van der Waals surface area contributed by atoms with Crippen molar-refractivity contribution in [2.75, 3.05) is 16.4 Å². The third-order valence-electron chi connectivity index (χ3n) is 3.64. The molecule has 2 rings (SSSR count). The van der Waals surface area contributed by atoms with Crippen LogP contribution < -0.4 is 10.6 Å². The number of anilines is 2. The summed E-state index contributed by atoms with van der Waals surface area (Å²) in [6, 6.07) is 15.6. The van der Waals surface area contributed by atoms with Gasteiger partial charge in [-0.15, -0.1) is 11.8 Å². The molecule has 0 bridgehead atoms. The van der Waals surface area contributed by atoms with Crippen LogP contribution in [0.3, 0.4) is 0 Å². The van der Waals surface area contributed by atoms with E-state index in [4.69, 9.17) is 0 Å². The zero-order valence-electron chi connectivity index (χ0n) is 14.8. The van der Waals surface area contributed by atoms with E-state index in [2.05, 4.69) is 48.7 Å². The molecule has 0 fully saturated rings. The van der Waals surface area contributed by atoms with Gasteiger partial charge in [-0.2, -0.15) is 0 Å². The van der Waals surface area contributed by atoms with Gasteiger partial charge in [0.05, 0.1) is 5.75 Å². The van der Waals surface area contributed by atoms with Gasteiger partial charge < -0.3 is 10.6 Å². The van der Waals surface area contributed by atoms with Crippen molar-refractivity contribution in [1.29, 1.82) is 0 Å². The standard InChI is InChI=1S/C20H24N2O2S/c1-14(2)17-6-4-16(5-7-17)12-25-13-20(24)22-19-10-8-18(9-11-19)21-15(3)23/h4-11,14H,12-13H2,1-3H3,(H,21,23)(H,22,24). The molecule has 0 aliphatic carbocycles. The van der Waals surface area contributed by atoms with Crippen molar-refractivity contribution >= 4 is 35.0 Å². The molecule has 0 unspecified atom stereocenters. The quantitative estimate of drug-likeness (QED) is 0.760. The Balaban J connectivity index is 1.75. The summed E-state index contributed by atoms with van der Waals surface area (Å²) in [7, 11) is 0. The lowest BCUT2D eigenvalue weighted by Gasteiger charge is -2.08. The van der Waals surface area contributed by atoms with E-state index in [0.29, 0.717) is 17.4 Å². The first kappa shape index (κ1) is 19.1. The first-order valence-electron chi connectivity index (χ1n) is 8.28. The van der Waals surface area contributed by atoms with Crippen molar-refractivity contribution < 1.29 is 9.59 Å². The van der Waals surface area contributed by atoms with Crippen LogP contribution in [-0.4, -0.2) is 17.6 Å². The first-order valence-corrected chi connectivity index (χ1v) is 9.43. The average molecular weight is 356 g/mol. The summed E-state index contributed by atoms with van der Waals surface area (Å²) >= 11 is 1.59. The number of thioether (sulfide) groups is 1. The maximum Gasteiger partial charge on any atom is 0.234 e. The highest BCUT2D eigenvalue weighted by Crippen LogP contribution is 2.18. The maximum absolute atomic E-state index is 12.0. The van der Waals surface area contributed by atoms with Crippen LogP contribution in [0.15, 0.2) is 48.5 Å². The van der Waals surface area contributed by atoms with E-state index in [-0.39, 0.29) is 11.8 Å². The third kappa shape index (κ3) is 6.63. The summed E-state index contributed by atoms with van der Waals surface area (Å²) in [6.07, 6.45) is 0. The third-order valence-corrected chi connectivity index (χ3v) is 4.64. The van der Waals surface area contributed by atoms with Gasteiger partial charge >= 0.3 is 0 Å². The number of nitrogens with one attached hydrogen (secondary N) is 2. The van der Waals surface area contributed by atoms with Gasteiger partial charge in [-0.25, -0.2) is 0 Å². The molecular weight excluding hydrogens is 332 g/mol. The maximum atomic E-state index is 12.0. The average Bonchev–Trinajstić information content (AvgIpc) is 2.56. The van der Waals surface area contributed by atoms with Crippen molar-refractivity contribution in [3.8, 4) is 0 Å². The molecule has 0 aliphatic heterocycles. The summed E-state index contributed by atoms with van der Waals surface area (Å²) in [5.74, 6) is 1.60. The van der Waals surface area contributed by atoms with E-state index < -0.39 is 0 Å². The highest BCUT2D eigenvalue weighted by atomic mass is 32.2. The molecular formula is C20H24N2O2S. The van der Waals surface area contributed by atoms with Gasteiger partial charge in [-0.3, -0.25) is 9.59 Å². The zero-order chi connectivity index (χ0) is 18.2. The van der Waals surface area contributed by atoms with Crippen molar-refractivity contribution in [2.24, 2.45) is 0 Å². The van der Waals surface area contributed by atoms with Crippen molar-refractivity contribution in [3.63, 3.8) is 0 Å². The predicted molar refractivity (Wildman–Crippen MR) is 106 cm³/mol. The molecule has 0 radical (unpaired) electrons. The summed E-state index contributed by atoms with van der Waals surface area (Å²) in [4.78, 5) is 23.0. The lowest BCUT2D eigenvalue weighted by atomic mass is 10.0. The Morgan fingerprint density at radius 2 is 1.48 bits per heavy atom. The van der Waals surface area contributed by atoms with Crippen LogP contribution in [0.2, 0.25) is 0 Å². The second-order valence-corrected chi connectivity index (χ2v) is 7.18. The molecule has 0 aromatic heterocycles. The van der Waals surface area contributed by atoms with Gasteiger partial charge in [-0.1, -0.05) is 38.1 Å². The number of carbonyl (C=O) groups is 2. The second kappa shape index (κ2) is 9.28. The van der Waals surface area contributed by atoms with Crippen molar-refractivity contribution in [1.82, 2.24) is 0 Å². The molecule has 5 heteroatoms. The van der Waals surface area contributed by atoms with Crippen LogP contribution in [0.4, 0.5) is 11.4 Å². The predicted octanol–water partition coefficient (Wildman–Crippen LogP) is 4.64. The van der Waals surface area contributed by atoms with Crippen molar-refractivity contribution in [3.05, 3.63) is 59.7 Å². The smallest absolute Gasteiger partial charge is 0.234 e. The zero-order valence-corrected chi connectivity index (χ0v) is 15.7. The first-order chi connectivity index (χ1) is 11.9. The van der Waals surface area contributed by atoms with E-state index in [9.17, 15) is 9.59 Å². The normalized spacial score (nSPS) is 10.6. The molecule has 0 heterocycles. The van der Waals surface area contributed by atoms with Crippen LogP contribution in [-0.2, 0) is 15.3 Å². The monoisotopic (exact) mass is 356 g/mol. The van der Waals surface area contributed by atoms with Crippen LogP contribution in [0.5, 0.6) is 0 Å². The molecule has 0 aliphatic rings. The van der Waals surface area contributed by atoms with E-state index in [0.717, 1.165) is 11.4 Å². The second-order valence-electron chi connectivity index (χ2n) is 6.20. The number of hydrogen-bond acceptors (Lipinski definition) is 3. The molecule has 0 atom stereocenters. The number of hydrogen-bond donors (Lipinski definition) is 2. The Morgan fingerprint density at radius 1 is 0.920 bits per heavy atom. The minimum absolute atomic E-state index is 0.0314. The minimum Gasteiger partial charge on any atom is -0.326 e. The van der Waals surface area contributed by atoms with Crippen LogP contribution >= 0.6 is 11.8 Å². The van der Waals surface area contributed by atoms with Crippen molar-refractivity contribution in [2.45, 2.75) is 32.4 Å². The highest BCUT2D eigenvalue weighted by molar-refractivity contribution is 7.99. The minimum atomic E-state index is -0.116. The molecule has 2 N–H and O–H groups in total. The van der Waals surface area contributed by atoms with Gasteiger partial charge in [0, 0.05) is 24.1 Å². The number of amides is 2. The van der Waals surface area contributed by atoms with Crippen LogP contribution in [0, 0.1) is 0 Å². The van der Waals surface area contributed by atoms with Crippen LogP contribution in [0.25, 0.3) is 0 Å². The van der Waals surface area contributed by atoms with E-state index in [1.54, 1.807) is 36.0 Å². The summed E-state index contributed by atoms with van der Waals surface area (Å²) in [5.41, 5.74) is 3.99. The summed E-state index contributed by atoms with van der Waals surface area (Å²) < 4.78 is 0. The van der Waals surface area contributed by atoms with Gasteiger partial charge in [0.15, 0.2) is 0 Å². The molecule has 0 saturated carbocycles. The Morgan fingerprint density at radius 3 is 2.00 bits per heavy atom. The largest absolute Gasteiger partial charge is 0.326 e. The van der Waals surface area contributed by atoms with E-state index >= 15 is 0 Å². The summed E-state index contributed by atoms with van der Waals surface area (Å²) in [5, 5.41) is 5.55. The Hall–Kier alpha value is -2.27. The number of benzene rings is 2. The molecule has 2 amide bonds. The van der Waals surface area contributed by atoms with E-state index in [1.165, 1.54) is 18.1 Å².